The van der Waals surface area contributed by atoms with Gasteiger partial charge in [-0.1, -0.05) is 24.3 Å². The lowest BCUT2D eigenvalue weighted by Gasteiger charge is -2.40. The Labute approximate surface area is 127 Å². The molecule has 3 aromatic rings. The minimum atomic E-state index is 0.593. The van der Waals surface area contributed by atoms with Crippen LogP contribution in [0.15, 0.2) is 39.5 Å². The van der Waals surface area contributed by atoms with Crippen LogP contribution in [0.1, 0.15) is 33.4 Å². The quantitative estimate of drug-likeness (QED) is 0.470. The first-order valence-electron chi connectivity index (χ1n) is 6.30. The Morgan fingerprint density at radius 2 is 2.11 bits per heavy atom. The van der Waals surface area contributed by atoms with Crippen LogP contribution in [0, 0.1) is 0 Å². The van der Waals surface area contributed by atoms with Crippen molar-refractivity contribution in [3.63, 3.8) is 0 Å². The van der Waals surface area contributed by atoms with E-state index in [0.29, 0.717) is 11.8 Å². The van der Waals surface area contributed by atoms with E-state index in [1.54, 1.807) is 16.0 Å². The Kier molecular flexibility index (Phi) is 2.05. The fraction of sp³-hybridized carbons (Fsp3) is 0.125. The fourth-order valence-electron chi connectivity index (χ4n) is 3.43. The average Bonchev–Trinajstić information content (AvgIpc) is 2.96. The molecule has 2 aliphatic carbocycles. The number of benzene rings is 1. The van der Waals surface area contributed by atoms with Crippen molar-refractivity contribution >= 4 is 54.8 Å². The van der Waals surface area contributed by atoms with Crippen LogP contribution in [0.3, 0.4) is 0 Å². The summed E-state index contributed by atoms with van der Waals surface area (Å²) >= 11 is 7.39. The minimum Gasteiger partial charge on any atom is -0.148 e. The van der Waals surface area contributed by atoms with Crippen LogP contribution in [-0.2, 0) is 0 Å². The average molecular weight is 345 g/mol. The van der Waals surface area contributed by atoms with Crippen LogP contribution >= 0.6 is 38.6 Å². The van der Waals surface area contributed by atoms with Gasteiger partial charge in [0.15, 0.2) is 0 Å². The zero-order valence-corrected chi connectivity index (χ0v) is 13.1. The van der Waals surface area contributed by atoms with Crippen LogP contribution in [-0.4, -0.2) is 0 Å². The third-order valence-corrected chi connectivity index (χ3v) is 6.95. The highest BCUT2D eigenvalue weighted by Crippen LogP contribution is 2.58. The first kappa shape index (κ1) is 10.8. The molecule has 2 aromatic heterocycles. The van der Waals surface area contributed by atoms with Gasteiger partial charge in [-0.2, -0.15) is 0 Å². The van der Waals surface area contributed by atoms with Crippen LogP contribution in [0.4, 0.5) is 0 Å². The molecule has 0 radical (unpaired) electrons. The van der Waals surface area contributed by atoms with Gasteiger partial charge in [-0.3, -0.25) is 0 Å². The van der Waals surface area contributed by atoms with E-state index in [1.807, 2.05) is 22.7 Å². The van der Waals surface area contributed by atoms with Gasteiger partial charge in [-0.15, -0.1) is 22.7 Å². The molecule has 2 aliphatic rings. The maximum absolute atomic E-state index is 3.62. The number of rotatable bonds is 0. The predicted molar refractivity (Wildman–Crippen MR) is 87.5 cm³/mol. The van der Waals surface area contributed by atoms with E-state index in [9.17, 15) is 0 Å². The Bertz CT molecular complexity index is 853. The van der Waals surface area contributed by atoms with Crippen molar-refractivity contribution in [3.8, 4) is 0 Å². The number of thiophene rings is 2. The second kappa shape index (κ2) is 3.60. The van der Waals surface area contributed by atoms with Crippen LogP contribution < -0.4 is 0 Å². The third-order valence-electron chi connectivity index (χ3n) is 4.25. The molecule has 2 atom stereocenters. The zero-order valence-electron chi connectivity index (χ0n) is 9.89. The molecule has 0 aliphatic heterocycles. The highest BCUT2D eigenvalue weighted by atomic mass is 79.9. The molecule has 2 unspecified atom stereocenters. The van der Waals surface area contributed by atoms with E-state index >= 15 is 0 Å². The van der Waals surface area contributed by atoms with Gasteiger partial charge in [-0.05, 0) is 55.5 Å². The van der Waals surface area contributed by atoms with Crippen LogP contribution in [0.2, 0.25) is 0 Å². The Hall–Kier alpha value is -0.900. The van der Waals surface area contributed by atoms with Gasteiger partial charge in [0, 0.05) is 21.4 Å². The molecule has 0 amide bonds. The van der Waals surface area contributed by atoms with E-state index in [-0.39, 0.29) is 0 Å². The highest BCUT2D eigenvalue weighted by Gasteiger charge is 2.41. The second-order valence-corrected chi connectivity index (χ2v) is 8.52. The van der Waals surface area contributed by atoms with E-state index < -0.39 is 0 Å². The molecule has 0 saturated carbocycles. The maximum atomic E-state index is 3.62. The Morgan fingerprint density at radius 1 is 1.16 bits per heavy atom. The van der Waals surface area contributed by atoms with Crippen molar-refractivity contribution in [1.82, 2.24) is 0 Å². The number of hydrogen-bond acceptors (Lipinski definition) is 2. The summed E-state index contributed by atoms with van der Waals surface area (Å²) in [5, 5.41) is 3.59. The Balaban J connectivity index is 1.82. The summed E-state index contributed by atoms with van der Waals surface area (Å²) in [6.45, 7) is 0. The van der Waals surface area contributed by atoms with Crippen LogP contribution in [0.25, 0.3) is 16.2 Å². The molecule has 0 saturated heterocycles. The standard InChI is InChI=1S/C16H9BrS2/c17-12-7-9-2-4-11-13-10(14(11)16(9)19-12)3-1-8-5-6-18-15(8)13/h1-7,10,13H. The predicted octanol–water partition coefficient (Wildman–Crippen LogP) is 5.98. The monoisotopic (exact) mass is 344 g/mol. The first-order valence-corrected chi connectivity index (χ1v) is 8.79. The molecule has 5 rings (SSSR count). The molecule has 1 aromatic carbocycles. The third kappa shape index (κ3) is 1.28. The molecule has 0 spiro atoms. The highest BCUT2D eigenvalue weighted by molar-refractivity contribution is 9.11. The van der Waals surface area contributed by atoms with Crippen molar-refractivity contribution in [1.29, 1.82) is 0 Å². The molecular formula is C16H9BrS2. The van der Waals surface area contributed by atoms with Crippen molar-refractivity contribution < 1.29 is 0 Å². The summed E-state index contributed by atoms with van der Waals surface area (Å²) in [5.41, 5.74) is 4.53. The van der Waals surface area contributed by atoms with Gasteiger partial charge in [0.05, 0.1) is 3.79 Å². The summed E-state index contributed by atoms with van der Waals surface area (Å²) in [4.78, 5) is 1.55. The molecule has 19 heavy (non-hydrogen) atoms. The second-order valence-electron chi connectivity index (χ2n) is 5.14. The van der Waals surface area contributed by atoms with E-state index in [2.05, 4.69) is 57.7 Å². The SMILES string of the molecule is Brc1cc2ccc3c(c2s1)C1C=Cc2ccsc2C31. The number of halogens is 1. The van der Waals surface area contributed by atoms with E-state index in [4.69, 9.17) is 0 Å². The van der Waals surface area contributed by atoms with Gasteiger partial charge in [0.25, 0.3) is 0 Å². The lowest BCUT2D eigenvalue weighted by molar-refractivity contribution is 0.637. The molecule has 2 heterocycles. The normalized spacial score (nSPS) is 22.8. The summed E-state index contributed by atoms with van der Waals surface area (Å²) in [7, 11) is 0. The molecule has 0 fully saturated rings. The minimum absolute atomic E-state index is 0.593. The summed E-state index contributed by atoms with van der Waals surface area (Å²) in [6, 6.07) is 9.08. The number of allylic oxidation sites excluding steroid dienone is 1. The molecule has 0 N–H and O–H groups in total. The zero-order chi connectivity index (χ0) is 12.6. The van der Waals surface area contributed by atoms with Gasteiger partial charge in [-0.25, -0.2) is 0 Å². The molecule has 3 heteroatoms. The molecule has 92 valence electrons. The van der Waals surface area contributed by atoms with Gasteiger partial charge >= 0.3 is 0 Å². The number of fused-ring (bicyclic) bond motifs is 8. The van der Waals surface area contributed by atoms with Gasteiger partial charge in [0.2, 0.25) is 0 Å². The van der Waals surface area contributed by atoms with Crippen molar-refractivity contribution in [2.24, 2.45) is 0 Å². The summed E-state index contributed by atoms with van der Waals surface area (Å²) in [6.07, 6.45) is 4.70. The van der Waals surface area contributed by atoms with Crippen molar-refractivity contribution in [2.75, 3.05) is 0 Å². The molecule has 0 bridgehead atoms. The van der Waals surface area contributed by atoms with E-state index in [1.165, 1.54) is 19.4 Å². The topological polar surface area (TPSA) is 0 Å². The first-order chi connectivity index (χ1) is 9.33. The van der Waals surface area contributed by atoms with Crippen molar-refractivity contribution in [3.05, 3.63) is 61.1 Å². The smallest absolute Gasteiger partial charge is 0.0711 e. The van der Waals surface area contributed by atoms with Gasteiger partial charge in [0.1, 0.15) is 0 Å². The lowest BCUT2D eigenvalue weighted by atomic mass is 9.64. The fourth-order valence-corrected chi connectivity index (χ4v) is 6.20. The summed E-state index contributed by atoms with van der Waals surface area (Å²) in [5.74, 6) is 1.20. The molecule has 0 nitrogen and oxygen atoms in total. The van der Waals surface area contributed by atoms with Crippen molar-refractivity contribution in [2.45, 2.75) is 11.8 Å². The van der Waals surface area contributed by atoms with Gasteiger partial charge < -0.3 is 0 Å². The Morgan fingerprint density at radius 3 is 3.05 bits per heavy atom. The lowest BCUT2D eigenvalue weighted by Crippen LogP contribution is -2.25. The molecular weight excluding hydrogens is 336 g/mol. The maximum Gasteiger partial charge on any atom is 0.0711 e. The number of hydrogen-bond donors (Lipinski definition) is 0. The largest absolute Gasteiger partial charge is 0.148 e. The van der Waals surface area contributed by atoms with E-state index in [0.717, 1.165) is 0 Å². The summed E-state index contributed by atoms with van der Waals surface area (Å²) < 4.78 is 2.70. The van der Waals surface area contributed by atoms with Crippen LogP contribution in [0.5, 0.6) is 0 Å².